The molecule has 1 N–H and O–H groups in total. The molecule has 1 unspecified atom stereocenters. The summed E-state index contributed by atoms with van der Waals surface area (Å²) in [6, 6.07) is 0.532. The van der Waals surface area contributed by atoms with Crippen LogP contribution in [0.5, 0.6) is 0 Å². The Morgan fingerprint density at radius 3 is 2.12 bits per heavy atom. The summed E-state index contributed by atoms with van der Waals surface area (Å²) in [6.45, 7) is 14.4. The van der Waals surface area contributed by atoms with E-state index in [0.717, 1.165) is 19.6 Å². The van der Waals surface area contributed by atoms with Gasteiger partial charge in [-0.1, -0.05) is 20.8 Å². The third-order valence-corrected chi connectivity index (χ3v) is 3.33. The quantitative estimate of drug-likeness (QED) is 0.796. The summed E-state index contributed by atoms with van der Waals surface area (Å²) >= 11 is 0. The Hall–Kier alpha value is -0.120. The molecule has 0 amide bonds. The molecule has 1 fully saturated rings. The normalized spacial score (nSPS) is 30.4. The lowest BCUT2D eigenvalue weighted by Crippen LogP contribution is -2.53. The SMILES string of the molecule is CNC(CN1C[C@@H](C)O[C@@H](C)C1)C(C)(C)C. The number of rotatable bonds is 3. The molecule has 0 bridgehead atoms. The van der Waals surface area contributed by atoms with Gasteiger partial charge in [0, 0.05) is 25.7 Å². The van der Waals surface area contributed by atoms with Gasteiger partial charge < -0.3 is 10.1 Å². The predicted molar refractivity (Wildman–Crippen MR) is 68.8 cm³/mol. The molecule has 1 saturated heterocycles. The number of morpholine rings is 1. The number of likely N-dealkylation sites (N-methyl/N-ethyl adjacent to an activating group) is 1. The van der Waals surface area contributed by atoms with Gasteiger partial charge in [0.15, 0.2) is 0 Å². The molecule has 1 aliphatic rings. The molecule has 0 spiro atoms. The number of ether oxygens (including phenoxy) is 1. The lowest BCUT2D eigenvalue weighted by molar-refractivity contribution is -0.0723. The van der Waals surface area contributed by atoms with Gasteiger partial charge in [0.2, 0.25) is 0 Å². The molecule has 96 valence electrons. The van der Waals surface area contributed by atoms with Crippen molar-refractivity contribution >= 4 is 0 Å². The minimum Gasteiger partial charge on any atom is -0.373 e. The Morgan fingerprint density at radius 1 is 1.25 bits per heavy atom. The molecule has 1 aliphatic heterocycles. The maximum absolute atomic E-state index is 5.76. The van der Waals surface area contributed by atoms with Crippen molar-refractivity contribution in [3.8, 4) is 0 Å². The van der Waals surface area contributed by atoms with Crippen LogP contribution in [0.1, 0.15) is 34.6 Å². The van der Waals surface area contributed by atoms with Gasteiger partial charge in [-0.2, -0.15) is 0 Å². The minimum atomic E-state index is 0.305. The van der Waals surface area contributed by atoms with Crippen LogP contribution in [0.25, 0.3) is 0 Å². The maximum atomic E-state index is 5.76. The zero-order chi connectivity index (χ0) is 12.3. The molecule has 3 nitrogen and oxygen atoms in total. The first-order valence-electron chi connectivity index (χ1n) is 6.38. The van der Waals surface area contributed by atoms with E-state index in [4.69, 9.17) is 4.74 Å². The van der Waals surface area contributed by atoms with Gasteiger partial charge in [0.25, 0.3) is 0 Å². The molecule has 0 aromatic rings. The summed E-state index contributed by atoms with van der Waals surface area (Å²) in [5, 5.41) is 3.44. The summed E-state index contributed by atoms with van der Waals surface area (Å²) < 4.78 is 5.76. The van der Waals surface area contributed by atoms with Crippen LogP contribution in [0.3, 0.4) is 0 Å². The summed E-state index contributed by atoms with van der Waals surface area (Å²) in [5.41, 5.74) is 0.305. The van der Waals surface area contributed by atoms with Gasteiger partial charge >= 0.3 is 0 Å². The van der Waals surface area contributed by atoms with Crippen molar-refractivity contribution in [2.24, 2.45) is 5.41 Å². The lowest BCUT2D eigenvalue weighted by atomic mass is 9.86. The second-order valence-corrected chi connectivity index (χ2v) is 6.18. The number of nitrogens with zero attached hydrogens (tertiary/aromatic N) is 1. The van der Waals surface area contributed by atoms with Gasteiger partial charge in [-0.05, 0) is 26.3 Å². The van der Waals surface area contributed by atoms with Crippen LogP contribution in [0.2, 0.25) is 0 Å². The first-order valence-corrected chi connectivity index (χ1v) is 6.38. The Kier molecular flexibility index (Phi) is 4.77. The van der Waals surface area contributed by atoms with Crippen molar-refractivity contribution in [1.29, 1.82) is 0 Å². The van der Waals surface area contributed by atoms with E-state index in [-0.39, 0.29) is 0 Å². The lowest BCUT2D eigenvalue weighted by Gasteiger charge is -2.40. The highest BCUT2D eigenvalue weighted by Crippen LogP contribution is 2.21. The largest absolute Gasteiger partial charge is 0.373 e. The second kappa shape index (κ2) is 5.48. The van der Waals surface area contributed by atoms with Crippen molar-refractivity contribution in [2.75, 3.05) is 26.7 Å². The van der Waals surface area contributed by atoms with Crippen LogP contribution in [-0.2, 0) is 4.74 Å². The fourth-order valence-corrected chi connectivity index (χ4v) is 2.49. The molecule has 1 heterocycles. The van der Waals surface area contributed by atoms with Crippen LogP contribution < -0.4 is 5.32 Å². The molecular weight excluding hydrogens is 200 g/mol. The van der Waals surface area contributed by atoms with Crippen LogP contribution in [-0.4, -0.2) is 49.8 Å². The second-order valence-electron chi connectivity index (χ2n) is 6.18. The Bertz CT molecular complexity index is 202. The zero-order valence-electron chi connectivity index (χ0n) is 11.7. The van der Waals surface area contributed by atoms with Crippen molar-refractivity contribution in [2.45, 2.75) is 52.9 Å². The molecule has 1 rings (SSSR count). The Balaban J connectivity index is 2.51. The van der Waals surface area contributed by atoms with Gasteiger partial charge in [-0.3, -0.25) is 4.90 Å². The Labute approximate surface area is 101 Å². The molecule has 0 aromatic carbocycles. The molecular formula is C13H28N2O. The average Bonchev–Trinajstić information content (AvgIpc) is 2.10. The fourth-order valence-electron chi connectivity index (χ4n) is 2.49. The predicted octanol–water partition coefficient (Wildman–Crippen LogP) is 1.73. The van der Waals surface area contributed by atoms with Gasteiger partial charge in [0.05, 0.1) is 12.2 Å². The van der Waals surface area contributed by atoms with Crippen molar-refractivity contribution in [1.82, 2.24) is 10.2 Å². The molecule has 0 aromatic heterocycles. The van der Waals surface area contributed by atoms with Crippen LogP contribution in [0.4, 0.5) is 0 Å². The molecule has 16 heavy (non-hydrogen) atoms. The van der Waals surface area contributed by atoms with Gasteiger partial charge in [-0.25, -0.2) is 0 Å². The highest BCUT2D eigenvalue weighted by Gasteiger charge is 2.28. The molecule has 3 atom stereocenters. The number of hydrogen-bond donors (Lipinski definition) is 1. The van der Waals surface area contributed by atoms with Crippen molar-refractivity contribution in [3.63, 3.8) is 0 Å². The van der Waals surface area contributed by atoms with E-state index in [1.807, 2.05) is 0 Å². The van der Waals surface area contributed by atoms with Crippen molar-refractivity contribution in [3.05, 3.63) is 0 Å². The van der Waals surface area contributed by atoms with E-state index >= 15 is 0 Å². The van der Waals surface area contributed by atoms with Gasteiger partial charge in [-0.15, -0.1) is 0 Å². The van der Waals surface area contributed by atoms with E-state index in [9.17, 15) is 0 Å². The van der Waals surface area contributed by atoms with E-state index in [0.29, 0.717) is 23.7 Å². The standard InChI is InChI=1S/C13H28N2O/c1-10-7-15(8-11(2)16-10)9-12(14-6)13(3,4)5/h10-12,14H,7-9H2,1-6H3/t10-,11+,12?. The van der Waals surface area contributed by atoms with Crippen LogP contribution in [0.15, 0.2) is 0 Å². The first-order chi connectivity index (χ1) is 7.32. The molecule has 3 heteroatoms. The summed E-state index contributed by atoms with van der Waals surface area (Å²) in [5.74, 6) is 0. The van der Waals surface area contributed by atoms with E-state index < -0.39 is 0 Å². The fraction of sp³-hybridized carbons (Fsp3) is 1.00. The smallest absolute Gasteiger partial charge is 0.0678 e. The molecule has 0 saturated carbocycles. The number of nitrogens with one attached hydrogen (secondary N) is 1. The van der Waals surface area contributed by atoms with Crippen LogP contribution in [0, 0.1) is 5.41 Å². The van der Waals surface area contributed by atoms with E-state index in [2.05, 4.69) is 51.9 Å². The number of hydrogen-bond acceptors (Lipinski definition) is 3. The summed E-state index contributed by atoms with van der Waals surface area (Å²) in [4.78, 5) is 2.52. The monoisotopic (exact) mass is 228 g/mol. The Morgan fingerprint density at radius 2 is 1.75 bits per heavy atom. The van der Waals surface area contributed by atoms with E-state index in [1.165, 1.54) is 0 Å². The highest BCUT2D eigenvalue weighted by molar-refractivity contribution is 4.84. The molecule has 0 radical (unpaired) electrons. The van der Waals surface area contributed by atoms with Gasteiger partial charge in [0.1, 0.15) is 0 Å². The minimum absolute atomic E-state index is 0.305. The molecule has 0 aliphatic carbocycles. The third-order valence-electron chi connectivity index (χ3n) is 3.33. The average molecular weight is 228 g/mol. The first kappa shape index (κ1) is 13.9. The van der Waals surface area contributed by atoms with Crippen molar-refractivity contribution < 1.29 is 4.74 Å². The van der Waals surface area contributed by atoms with Crippen LogP contribution >= 0.6 is 0 Å². The maximum Gasteiger partial charge on any atom is 0.0678 e. The highest BCUT2D eigenvalue weighted by atomic mass is 16.5. The zero-order valence-corrected chi connectivity index (χ0v) is 11.7. The summed E-state index contributed by atoms with van der Waals surface area (Å²) in [7, 11) is 2.06. The topological polar surface area (TPSA) is 24.5 Å². The van der Waals surface area contributed by atoms with E-state index in [1.54, 1.807) is 0 Å². The summed E-state index contributed by atoms with van der Waals surface area (Å²) in [6.07, 6.45) is 0.724. The third kappa shape index (κ3) is 4.04.